The van der Waals surface area contributed by atoms with Crippen LogP contribution >= 0.6 is 0 Å². The normalized spacial score (nSPS) is 23.0. The quantitative estimate of drug-likeness (QED) is 0.734. The number of rotatable bonds is 6. The molecular formula is C18H28N4O3. The van der Waals surface area contributed by atoms with Gasteiger partial charge in [-0.2, -0.15) is 4.98 Å². The second kappa shape index (κ2) is 8.58. The molecule has 0 aromatic carbocycles. The van der Waals surface area contributed by atoms with Crippen molar-refractivity contribution in [1.29, 1.82) is 0 Å². The van der Waals surface area contributed by atoms with Crippen molar-refractivity contribution in [3.05, 3.63) is 23.9 Å². The van der Waals surface area contributed by atoms with Gasteiger partial charge in [0.05, 0.1) is 6.54 Å². The number of amides is 1. The molecule has 138 valence electrons. The molecule has 0 bridgehead atoms. The topological polar surface area (TPSA) is 71.7 Å². The monoisotopic (exact) mass is 348 g/mol. The van der Waals surface area contributed by atoms with Crippen molar-refractivity contribution in [2.45, 2.75) is 45.8 Å². The van der Waals surface area contributed by atoms with Gasteiger partial charge in [0.15, 0.2) is 5.82 Å². The van der Waals surface area contributed by atoms with Crippen LogP contribution < -0.4 is 0 Å². The minimum absolute atomic E-state index is 0.151. The van der Waals surface area contributed by atoms with E-state index in [0.29, 0.717) is 30.8 Å². The Labute approximate surface area is 149 Å². The first-order valence-corrected chi connectivity index (χ1v) is 9.27. The first-order chi connectivity index (χ1) is 12.2. The third-order valence-electron chi connectivity index (χ3n) is 4.93. The van der Waals surface area contributed by atoms with Crippen molar-refractivity contribution in [3.63, 3.8) is 0 Å². The highest BCUT2D eigenvalue weighted by Gasteiger charge is 2.28. The third-order valence-corrected chi connectivity index (χ3v) is 4.93. The summed E-state index contributed by atoms with van der Waals surface area (Å²) in [5.41, 5.74) is 0. The number of carbonyl (C=O) groups excluding carboxylic acids is 1. The number of aromatic nitrogens is 2. The molecule has 1 amide bonds. The lowest BCUT2D eigenvalue weighted by molar-refractivity contribution is -0.137. The molecule has 0 spiro atoms. The minimum atomic E-state index is -0.151. The number of piperazine rings is 1. The highest BCUT2D eigenvalue weighted by Crippen LogP contribution is 2.21. The summed E-state index contributed by atoms with van der Waals surface area (Å²) in [5, 5.41) is 4.00. The number of carbonyl (C=O) groups is 1. The van der Waals surface area contributed by atoms with E-state index in [0.717, 1.165) is 45.4 Å². The van der Waals surface area contributed by atoms with E-state index >= 15 is 0 Å². The van der Waals surface area contributed by atoms with Crippen molar-refractivity contribution >= 4 is 5.91 Å². The number of nitrogens with zero attached hydrogens (tertiary/aromatic N) is 4. The summed E-state index contributed by atoms with van der Waals surface area (Å²) in [5.74, 6) is 1.69. The van der Waals surface area contributed by atoms with Crippen molar-refractivity contribution in [2.75, 3.05) is 32.8 Å². The average Bonchev–Trinajstić information content (AvgIpc) is 3.11. The molecule has 1 aliphatic carbocycles. The molecule has 1 aliphatic heterocycles. The second-order valence-corrected chi connectivity index (χ2v) is 6.73. The number of hydrogen-bond acceptors (Lipinski definition) is 6. The molecule has 1 aromatic heterocycles. The zero-order chi connectivity index (χ0) is 17.6. The molecule has 0 radical (unpaired) electrons. The number of hydrogen-bond donors (Lipinski definition) is 0. The molecule has 7 nitrogen and oxygen atoms in total. The maximum atomic E-state index is 12.6. The number of allylic oxidation sites excluding steroid dienone is 2. The van der Waals surface area contributed by atoms with Crippen LogP contribution in [-0.4, -0.2) is 58.6 Å². The van der Waals surface area contributed by atoms with E-state index in [1.807, 2.05) is 18.7 Å². The van der Waals surface area contributed by atoms with Crippen molar-refractivity contribution < 1.29 is 14.1 Å². The maximum absolute atomic E-state index is 12.6. The third kappa shape index (κ3) is 4.67. The molecular weight excluding hydrogens is 320 g/mol. The maximum Gasteiger partial charge on any atom is 0.240 e. The van der Waals surface area contributed by atoms with E-state index in [9.17, 15) is 4.79 Å². The van der Waals surface area contributed by atoms with Gasteiger partial charge in [-0.15, -0.1) is 0 Å². The highest BCUT2D eigenvalue weighted by molar-refractivity contribution is 5.79. The Hall–Kier alpha value is -1.73. The lowest BCUT2D eigenvalue weighted by Gasteiger charge is -2.36. The first-order valence-electron chi connectivity index (χ1n) is 9.27. The molecule has 25 heavy (non-hydrogen) atoms. The molecule has 2 unspecified atom stereocenters. The van der Waals surface area contributed by atoms with Crippen LogP contribution in [0.25, 0.3) is 0 Å². The van der Waals surface area contributed by atoms with Crippen molar-refractivity contribution in [3.8, 4) is 0 Å². The molecule has 2 heterocycles. The van der Waals surface area contributed by atoms with Crippen LogP contribution in [0, 0.1) is 5.92 Å². The Morgan fingerprint density at radius 1 is 1.36 bits per heavy atom. The lowest BCUT2D eigenvalue weighted by Crippen LogP contribution is -2.50. The van der Waals surface area contributed by atoms with Gasteiger partial charge in [-0.25, -0.2) is 0 Å². The van der Waals surface area contributed by atoms with E-state index in [-0.39, 0.29) is 12.0 Å². The fourth-order valence-electron chi connectivity index (χ4n) is 3.42. The average molecular weight is 348 g/mol. The minimum Gasteiger partial charge on any atom is -0.371 e. The van der Waals surface area contributed by atoms with Gasteiger partial charge in [-0.3, -0.25) is 9.69 Å². The number of ether oxygens (including phenoxy) is 1. The SMILES string of the molecule is CCOC(C)c1noc(CN2CCN(C(=O)C3CC=CCC3)CC2)n1. The Kier molecular flexibility index (Phi) is 6.20. The molecule has 1 fully saturated rings. The van der Waals surface area contributed by atoms with Crippen LogP contribution in [0.2, 0.25) is 0 Å². The van der Waals surface area contributed by atoms with Gasteiger partial charge in [0, 0.05) is 38.7 Å². The fraction of sp³-hybridized carbons (Fsp3) is 0.722. The van der Waals surface area contributed by atoms with Gasteiger partial charge in [-0.1, -0.05) is 17.3 Å². The first kappa shape index (κ1) is 18.1. The molecule has 2 atom stereocenters. The largest absolute Gasteiger partial charge is 0.371 e. The second-order valence-electron chi connectivity index (χ2n) is 6.73. The standard InChI is InChI=1S/C18H28N4O3/c1-3-24-14(2)17-19-16(25-20-17)13-21-9-11-22(12-10-21)18(23)15-7-5-4-6-8-15/h4-5,14-15H,3,6-13H2,1-2H3. The summed E-state index contributed by atoms with van der Waals surface area (Å²) in [7, 11) is 0. The van der Waals surface area contributed by atoms with Crippen LogP contribution in [0.5, 0.6) is 0 Å². The summed E-state index contributed by atoms with van der Waals surface area (Å²) >= 11 is 0. The van der Waals surface area contributed by atoms with Gasteiger partial charge in [0.2, 0.25) is 11.8 Å². The summed E-state index contributed by atoms with van der Waals surface area (Å²) in [4.78, 5) is 21.3. The van der Waals surface area contributed by atoms with Crippen molar-refractivity contribution in [2.24, 2.45) is 5.92 Å². The molecule has 3 rings (SSSR count). The summed E-state index contributed by atoms with van der Waals surface area (Å²) < 4.78 is 10.8. The Bertz CT molecular complexity index is 593. The van der Waals surface area contributed by atoms with Crippen molar-refractivity contribution in [1.82, 2.24) is 19.9 Å². The molecule has 1 saturated heterocycles. The fourth-order valence-corrected chi connectivity index (χ4v) is 3.42. The van der Waals surface area contributed by atoms with E-state index in [2.05, 4.69) is 27.2 Å². The Balaban J connectivity index is 1.46. The zero-order valence-electron chi connectivity index (χ0n) is 15.2. The van der Waals surface area contributed by atoms with Crippen LogP contribution in [0.4, 0.5) is 0 Å². The summed E-state index contributed by atoms with van der Waals surface area (Å²) in [6.07, 6.45) is 7.06. The summed E-state index contributed by atoms with van der Waals surface area (Å²) in [6.45, 7) is 8.34. The van der Waals surface area contributed by atoms with E-state index in [1.54, 1.807) is 0 Å². The molecule has 0 N–H and O–H groups in total. The van der Waals surface area contributed by atoms with E-state index < -0.39 is 0 Å². The predicted octanol–water partition coefficient (Wildman–Crippen LogP) is 2.17. The molecule has 7 heteroatoms. The Morgan fingerprint density at radius 2 is 2.16 bits per heavy atom. The summed E-state index contributed by atoms with van der Waals surface area (Å²) in [6, 6.07) is 0. The Morgan fingerprint density at radius 3 is 2.84 bits per heavy atom. The van der Waals surface area contributed by atoms with Gasteiger partial charge in [-0.05, 0) is 33.1 Å². The van der Waals surface area contributed by atoms with Crippen LogP contribution in [-0.2, 0) is 16.1 Å². The van der Waals surface area contributed by atoms with Gasteiger partial charge >= 0.3 is 0 Å². The molecule has 0 saturated carbocycles. The van der Waals surface area contributed by atoms with Crippen LogP contribution in [0.3, 0.4) is 0 Å². The smallest absolute Gasteiger partial charge is 0.240 e. The van der Waals surface area contributed by atoms with E-state index in [1.165, 1.54) is 0 Å². The van der Waals surface area contributed by atoms with Gasteiger partial charge in [0.25, 0.3) is 0 Å². The lowest BCUT2D eigenvalue weighted by atomic mass is 9.93. The van der Waals surface area contributed by atoms with Crippen LogP contribution in [0.15, 0.2) is 16.7 Å². The van der Waals surface area contributed by atoms with Gasteiger partial charge in [0.1, 0.15) is 6.10 Å². The molecule has 2 aliphatic rings. The molecule has 1 aromatic rings. The predicted molar refractivity (Wildman–Crippen MR) is 92.7 cm³/mol. The zero-order valence-corrected chi connectivity index (χ0v) is 15.2. The van der Waals surface area contributed by atoms with E-state index in [4.69, 9.17) is 9.26 Å². The van der Waals surface area contributed by atoms with Crippen LogP contribution in [0.1, 0.15) is 50.9 Å². The highest BCUT2D eigenvalue weighted by atomic mass is 16.5. The van der Waals surface area contributed by atoms with Gasteiger partial charge < -0.3 is 14.2 Å².